The van der Waals surface area contributed by atoms with E-state index < -0.39 is 0 Å². The Labute approximate surface area is 190 Å². The molecule has 0 bridgehead atoms. The topological polar surface area (TPSA) is 3.24 Å². The van der Waals surface area contributed by atoms with Crippen LogP contribution in [-0.4, -0.2) is 0 Å². The number of aryl methyl sites for hydroxylation is 1. The molecule has 1 heteroatoms. The lowest BCUT2D eigenvalue weighted by atomic mass is 9.78. The second kappa shape index (κ2) is 9.30. The first-order valence-corrected chi connectivity index (χ1v) is 11.8. The van der Waals surface area contributed by atoms with E-state index in [1.165, 1.54) is 33.8 Å². The molecule has 0 aromatic heterocycles. The van der Waals surface area contributed by atoms with E-state index in [0.29, 0.717) is 0 Å². The number of hydrogen-bond acceptors (Lipinski definition) is 1. The zero-order valence-corrected chi connectivity index (χ0v) is 20.5. The number of nitrogens with zero attached hydrogens (tertiary/aromatic N) is 1. The maximum Gasteiger partial charge on any atom is 0.0461 e. The number of rotatable bonds is 8. The molecule has 31 heavy (non-hydrogen) atoms. The summed E-state index contributed by atoms with van der Waals surface area (Å²) in [6.07, 6.45) is 3.43. The lowest BCUT2D eigenvalue weighted by Crippen LogP contribution is -2.19. The molecule has 0 heterocycles. The average molecular weight is 414 g/mol. The van der Waals surface area contributed by atoms with Crippen molar-refractivity contribution in [3.8, 4) is 0 Å². The third kappa shape index (κ3) is 4.87. The summed E-state index contributed by atoms with van der Waals surface area (Å²) in [5, 5.41) is 0. The van der Waals surface area contributed by atoms with Crippen molar-refractivity contribution in [3.05, 3.63) is 89.5 Å². The van der Waals surface area contributed by atoms with Gasteiger partial charge in [0.2, 0.25) is 0 Å². The van der Waals surface area contributed by atoms with Gasteiger partial charge in [0.15, 0.2) is 0 Å². The second-order valence-electron chi connectivity index (χ2n) is 9.77. The van der Waals surface area contributed by atoms with Crippen molar-refractivity contribution in [2.24, 2.45) is 0 Å². The molecule has 3 aromatic carbocycles. The molecule has 0 saturated carbocycles. The fourth-order valence-electron chi connectivity index (χ4n) is 4.08. The molecule has 0 unspecified atom stereocenters. The summed E-state index contributed by atoms with van der Waals surface area (Å²) in [4.78, 5) is 2.36. The van der Waals surface area contributed by atoms with Crippen LogP contribution in [0.25, 0.3) is 0 Å². The highest BCUT2D eigenvalue weighted by Crippen LogP contribution is 2.38. The molecule has 0 aliphatic rings. The third-order valence-corrected chi connectivity index (χ3v) is 7.47. The predicted molar refractivity (Wildman–Crippen MR) is 137 cm³/mol. The minimum absolute atomic E-state index is 0.194. The Morgan fingerprint density at radius 2 is 0.935 bits per heavy atom. The van der Waals surface area contributed by atoms with E-state index in [1.807, 2.05) is 0 Å². The van der Waals surface area contributed by atoms with Crippen molar-refractivity contribution < 1.29 is 0 Å². The van der Waals surface area contributed by atoms with Crippen LogP contribution >= 0.6 is 0 Å². The smallest absolute Gasteiger partial charge is 0.0461 e. The van der Waals surface area contributed by atoms with Crippen molar-refractivity contribution in [2.75, 3.05) is 4.90 Å². The van der Waals surface area contributed by atoms with Gasteiger partial charge in [0.05, 0.1) is 0 Å². The predicted octanol–water partition coefficient (Wildman–Crippen LogP) is 9.23. The van der Waals surface area contributed by atoms with Crippen molar-refractivity contribution in [1.29, 1.82) is 0 Å². The van der Waals surface area contributed by atoms with Crippen molar-refractivity contribution in [2.45, 2.75) is 78.6 Å². The third-order valence-electron chi connectivity index (χ3n) is 7.47. The highest BCUT2D eigenvalue weighted by molar-refractivity contribution is 5.76. The van der Waals surface area contributed by atoms with Crippen LogP contribution in [0.4, 0.5) is 17.1 Å². The van der Waals surface area contributed by atoms with E-state index in [0.717, 1.165) is 19.3 Å². The van der Waals surface area contributed by atoms with Gasteiger partial charge in [0, 0.05) is 17.1 Å². The van der Waals surface area contributed by atoms with Gasteiger partial charge >= 0.3 is 0 Å². The Bertz CT molecular complexity index is 958. The Morgan fingerprint density at radius 3 is 1.32 bits per heavy atom. The van der Waals surface area contributed by atoms with E-state index in [-0.39, 0.29) is 10.8 Å². The van der Waals surface area contributed by atoms with Crippen LogP contribution in [0, 0.1) is 6.92 Å². The standard InChI is InChI=1S/C30H39N/c1-8-29(5,6)24-13-19-27(20-14-24)31(26-17-11-23(4)12-18-26)28-21-15-25(16-22-28)30(7,9-2)10-3/h11-22H,8-10H2,1-7H3. The Morgan fingerprint density at radius 1 is 0.548 bits per heavy atom. The number of anilines is 3. The summed E-state index contributed by atoms with van der Waals surface area (Å²) in [6, 6.07) is 27.1. The van der Waals surface area contributed by atoms with Crippen molar-refractivity contribution >= 4 is 17.1 Å². The molecule has 0 N–H and O–H groups in total. The Kier molecular flexibility index (Phi) is 6.94. The summed E-state index contributed by atoms with van der Waals surface area (Å²) in [5.41, 5.74) is 8.10. The molecule has 164 valence electrons. The molecule has 0 amide bonds. The highest BCUT2D eigenvalue weighted by atomic mass is 15.1. The molecule has 3 rings (SSSR count). The molecule has 0 aliphatic carbocycles. The zero-order chi connectivity index (χ0) is 22.6. The monoisotopic (exact) mass is 413 g/mol. The van der Waals surface area contributed by atoms with Gasteiger partial charge in [-0.3, -0.25) is 0 Å². The molecular formula is C30H39N. The first-order chi connectivity index (χ1) is 14.7. The van der Waals surface area contributed by atoms with Gasteiger partial charge in [-0.1, -0.05) is 83.5 Å². The van der Waals surface area contributed by atoms with Crippen LogP contribution < -0.4 is 4.90 Å². The van der Waals surface area contributed by atoms with Gasteiger partial charge in [-0.15, -0.1) is 0 Å². The summed E-state index contributed by atoms with van der Waals surface area (Å²) < 4.78 is 0. The van der Waals surface area contributed by atoms with E-state index in [4.69, 9.17) is 0 Å². The number of hydrogen-bond donors (Lipinski definition) is 0. The SMILES string of the molecule is CCC(C)(C)c1ccc(N(c2ccc(C)cc2)c2ccc(C(C)(CC)CC)cc2)cc1. The normalized spacial score (nSPS) is 12.1. The molecule has 3 aromatic rings. The molecule has 0 spiro atoms. The lowest BCUT2D eigenvalue weighted by molar-refractivity contribution is 0.439. The van der Waals surface area contributed by atoms with E-state index in [9.17, 15) is 0 Å². The van der Waals surface area contributed by atoms with Gasteiger partial charge in [0.25, 0.3) is 0 Å². The summed E-state index contributed by atoms with van der Waals surface area (Å²) in [6.45, 7) is 16.0. The largest absolute Gasteiger partial charge is 0.311 e. The molecule has 0 aliphatic heterocycles. The van der Waals surface area contributed by atoms with E-state index >= 15 is 0 Å². The Hall–Kier alpha value is -2.54. The summed E-state index contributed by atoms with van der Waals surface area (Å²) in [7, 11) is 0. The van der Waals surface area contributed by atoms with Crippen LogP contribution in [0.1, 0.15) is 77.5 Å². The second-order valence-corrected chi connectivity index (χ2v) is 9.77. The zero-order valence-electron chi connectivity index (χ0n) is 20.5. The number of benzene rings is 3. The molecule has 0 fully saturated rings. The first-order valence-electron chi connectivity index (χ1n) is 11.8. The maximum atomic E-state index is 2.37. The van der Waals surface area contributed by atoms with Crippen LogP contribution in [0.2, 0.25) is 0 Å². The summed E-state index contributed by atoms with van der Waals surface area (Å²) in [5.74, 6) is 0. The highest BCUT2D eigenvalue weighted by Gasteiger charge is 2.23. The minimum Gasteiger partial charge on any atom is -0.311 e. The maximum absolute atomic E-state index is 2.37. The average Bonchev–Trinajstić information content (AvgIpc) is 2.81. The van der Waals surface area contributed by atoms with E-state index in [2.05, 4.69) is 126 Å². The fourth-order valence-corrected chi connectivity index (χ4v) is 4.08. The molecule has 1 nitrogen and oxygen atoms in total. The summed E-state index contributed by atoms with van der Waals surface area (Å²) >= 11 is 0. The lowest BCUT2D eigenvalue weighted by Gasteiger charge is -2.30. The Balaban J connectivity index is 2.05. The van der Waals surface area contributed by atoms with Gasteiger partial charge < -0.3 is 4.90 Å². The molecule has 0 radical (unpaired) electrons. The van der Waals surface area contributed by atoms with E-state index in [1.54, 1.807) is 0 Å². The fraction of sp³-hybridized carbons (Fsp3) is 0.400. The van der Waals surface area contributed by atoms with Gasteiger partial charge in [0.1, 0.15) is 0 Å². The van der Waals surface area contributed by atoms with Crippen LogP contribution in [0.3, 0.4) is 0 Å². The first kappa shape index (κ1) is 23.1. The van der Waals surface area contributed by atoms with Gasteiger partial charge in [-0.2, -0.15) is 0 Å². The van der Waals surface area contributed by atoms with Crippen molar-refractivity contribution in [3.63, 3.8) is 0 Å². The van der Waals surface area contributed by atoms with Crippen LogP contribution in [0.15, 0.2) is 72.8 Å². The van der Waals surface area contributed by atoms with Gasteiger partial charge in [-0.25, -0.2) is 0 Å². The molecule has 0 atom stereocenters. The van der Waals surface area contributed by atoms with Crippen molar-refractivity contribution in [1.82, 2.24) is 0 Å². The quantitative estimate of drug-likeness (QED) is 0.355. The minimum atomic E-state index is 0.194. The molecular weight excluding hydrogens is 374 g/mol. The van der Waals surface area contributed by atoms with Crippen LogP contribution in [-0.2, 0) is 10.8 Å². The molecule has 0 saturated heterocycles. The van der Waals surface area contributed by atoms with Gasteiger partial charge in [-0.05, 0) is 84.5 Å². The van der Waals surface area contributed by atoms with Crippen LogP contribution in [0.5, 0.6) is 0 Å².